The number of aliphatic hydroxyl groups is 1. The molecule has 0 spiro atoms. The van der Waals surface area contributed by atoms with E-state index < -0.39 is 6.29 Å². The highest BCUT2D eigenvalue weighted by Crippen LogP contribution is 2.24. The van der Waals surface area contributed by atoms with Crippen molar-refractivity contribution in [3.8, 4) is 11.3 Å². The lowest BCUT2D eigenvalue weighted by atomic mass is 10.2. The fourth-order valence-electron chi connectivity index (χ4n) is 1.27. The van der Waals surface area contributed by atoms with E-state index in [0.29, 0.717) is 11.5 Å². The van der Waals surface area contributed by atoms with Crippen LogP contribution in [0, 0.1) is 0 Å². The number of hydrogen-bond acceptors (Lipinski definition) is 4. The van der Waals surface area contributed by atoms with E-state index in [1.807, 2.05) is 12.1 Å². The molecule has 0 aromatic carbocycles. The average molecular weight is 205 g/mol. The van der Waals surface area contributed by atoms with Gasteiger partial charge in [0.25, 0.3) is 0 Å². The van der Waals surface area contributed by atoms with Crippen LogP contribution in [-0.2, 0) is 4.74 Å². The van der Waals surface area contributed by atoms with Gasteiger partial charge in [0.15, 0.2) is 5.76 Å². The minimum Gasteiger partial charge on any atom is -0.456 e. The van der Waals surface area contributed by atoms with Gasteiger partial charge in [0.05, 0.1) is 0 Å². The Morgan fingerprint density at radius 1 is 1.27 bits per heavy atom. The van der Waals surface area contributed by atoms with Gasteiger partial charge in [0.2, 0.25) is 6.29 Å². The largest absolute Gasteiger partial charge is 0.456 e. The fraction of sp³-hybridized carbons (Fsp3) is 0.182. The molecule has 0 fully saturated rings. The molecule has 2 aromatic rings. The number of rotatable bonds is 3. The van der Waals surface area contributed by atoms with Crippen molar-refractivity contribution in [2.75, 3.05) is 7.11 Å². The number of hydrogen-bond donors (Lipinski definition) is 1. The van der Waals surface area contributed by atoms with Crippen molar-refractivity contribution in [1.82, 2.24) is 4.98 Å². The molecule has 4 nitrogen and oxygen atoms in total. The van der Waals surface area contributed by atoms with Crippen LogP contribution in [0.5, 0.6) is 0 Å². The van der Waals surface area contributed by atoms with Crippen LogP contribution >= 0.6 is 0 Å². The SMILES string of the molecule is COC(O)c1ccc(-c2ccncc2)o1. The zero-order valence-corrected chi connectivity index (χ0v) is 8.25. The summed E-state index contributed by atoms with van der Waals surface area (Å²) in [6, 6.07) is 7.14. The average Bonchev–Trinajstić information content (AvgIpc) is 2.78. The van der Waals surface area contributed by atoms with E-state index in [-0.39, 0.29) is 0 Å². The highest BCUT2D eigenvalue weighted by atomic mass is 16.6. The van der Waals surface area contributed by atoms with Gasteiger partial charge in [-0.2, -0.15) is 0 Å². The molecule has 15 heavy (non-hydrogen) atoms. The molecule has 4 heteroatoms. The summed E-state index contributed by atoms with van der Waals surface area (Å²) in [5.41, 5.74) is 0.916. The van der Waals surface area contributed by atoms with Crippen LogP contribution in [0.1, 0.15) is 12.1 Å². The van der Waals surface area contributed by atoms with Crippen LogP contribution in [0.15, 0.2) is 41.1 Å². The molecule has 2 heterocycles. The van der Waals surface area contributed by atoms with Gasteiger partial charge in [-0.05, 0) is 24.3 Å². The molecule has 0 amide bonds. The van der Waals surface area contributed by atoms with E-state index in [1.54, 1.807) is 24.5 Å². The number of ether oxygens (including phenoxy) is 1. The monoisotopic (exact) mass is 205 g/mol. The second-order valence-electron chi connectivity index (χ2n) is 3.03. The van der Waals surface area contributed by atoms with E-state index in [9.17, 15) is 5.11 Å². The van der Waals surface area contributed by atoms with Gasteiger partial charge < -0.3 is 14.3 Å². The Hall–Kier alpha value is -1.65. The number of nitrogens with zero attached hydrogens (tertiary/aromatic N) is 1. The third kappa shape index (κ3) is 2.06. The van der Waals surface area contributed by atoms with E-state index in [2.05, 4.69) is 4.98 Å². The summed E-state index contributed by atoms with van der Waals surface area (Å²) in [6.07, 6.45) is 2.36. The summed E-state index contributed by atoms with van der Waals surface area (Å²) in [5.74, 6) is 1.08. The molecule has 78 valence electrons. The van der Waals surface area contributed by atoms with E-state index in [1.165, 1.54) is 7.11 Å². The summed E-state index contributed by atoms with van der Waals surface area (Å²) in [5, 5.41) is 9.36. The van der Waals surface area contributed by atoms with Crippen LogP contribution in [-0.4, -0.2) is 17.2 Å². The quantitative estimate of drug-likeness (QED) is 0.778. The van der Waals surface area contributed by atoms with Crippen LogP contribution in [0.25, 0.3) is 11.3 Å². The van der Waals surface area contributed by atoms with Gasteiger partial charge in [0, 0.05) is 25.1 Å². The standard InChI is InChI=1S/C11H11NO3/c1-14-11(13)10-3-2-9(15-10)8-4-6-12-7-5-8/h2-7,11,13H,1H3. The zero-order chi connectivity index (χ0) is 10.7. The minimum atomic E-state index is -1.01. The van der Waals surface area contributed by atoms with Crippen LogP contribution in [0.2, 0.25) is 0 Å². The molecule has 0 radical (unpaired) electrons. The van der Waals surface area contributed by atoms with Gasteiger partial charge in [-0.1, -0.05) is 0 Å². The van der Waals surface area contributed by atoms with Crippen molar-refractivity contribution in [1.29, 1.82) is 0 Å². The molecule has 1 atom stereocenters. The molecule has 1 unspecified atom stereocenters. The molecule has 0 bridgehead atoms. The molecular formula is C11H11NO3. The zero-order valence-electron chi connectivity index (χ0n) is 8.25. The Bertz CT molecular complexity index is 424. The van der Waals surface area contributed by atoms with Crippen LogP contribution in [0.4, 0.5) is 0 Å². The summed E-state index contributed by atoms with van der Waals surface area (Å²) in [4.78, 5) is 3.91. The van der Waals surface area contributed by atoms with Crippen molar-refractivity contribution < 1.29 is 14.3 Å². The summed E-state index contributed by atoms with van der Waals surface area (Å²) in [7, 11) is 1.42. The smallest absolute Gasteiger partial charge is 0.214 e. The number of furan rings is 1. The van der Waals surface area contributed by atoms with Gasteiger partial charge in [0.1, 0.15) is 5.76 Å². The van der Waals surface area contributed by atoms with E-state index in [4.69, 9.17) is 9.15 Å². The number of pyridine rings is 1. The maximum Gasteiger partial charge on any atom is 0.214 e. The van der Waals surface area contributed by atoms with E-state index >= 15 is 0 Å². The first kappa shape index (κ1) is 9.89. The van der Waals surface area contributed by atoms with Crippen molar-refractivity contribution in [2.24, 2.45) is 0 Å². The number of methoxy groups -OCH3 is 1. The van der Waals surface area contributed by atoms with Crippen LogP contribution in [0.3, 0.4) is 0 Å². The maximum absolute atomic E-state index is 9.36. The molecule has 2 rings (SSSR count). The third-order valence-electron chi connectivity index (χ3n) is 2.06. The van der Waals surface area contributed by atoms with Gasteiger partial charge in [-0.3, -0.25) is 4.98 Å². The Kier molecular flexibility index (Phi) is 2.80. The molecule has 1 N–H and O–H groups in total. The molecule has 0 aliphatic carbocycles. The Balaban J connectivity index is 2.28. The molecule has 0 aliphatic heterocycles. The first-order valence-electron chi connectivity index (χ1n) is 4.52. The number of aliphatic hydroxyl groups excluding tert-OH is 1. The highest BCUT2D eigenvalue weighted by molar-refractivity contribution is 5.56. The summed E-state index contributed by atoms with van der Waals surface area (Å²) >= 11 is 0. The Morgan fingerprint density at radius 3 is 2.67 bits per heavy atom. The Labute approximate surface area is 87.1 Å². The second kappa shape index (κ2) is 4.25. The topological polar surface area (TPSA) is 55.5 Å². The number of aromatic nitrogens is 1. The van der Waals surface area contributed by atoms with Gasteiger partial charge in [-0.25, -0.2) is 0 Å². The summed E-state index contributed by atoms with van der Waals surface area (Å²) in [6.45, 7) is 0. The maximum atomic E-state index is 9.36. The first-order valence-corrected chi connectivity index (χ1v) is 4.52. The molecular weight excluding hydrogens is 194 g/mol. The summed E-state index contributed by atoms with van der Waals surface area (Å²) < 4.78 is 10.2. The first-order chi connectivity index (χ1) is 7.31. The predicted molar refractivity (Wildman–Crippen MR) is 53.9 cm³/mol. The fourth-order valence-corrected chi connectivity index (χ4v) is 1.27. The van der Waals surface area contributed by atoms with Crippen LogP contribution < -0.4 is 0 Å². The van der Waals surface area contributed by atoms with E-state index in [0.717, 1.165) is 5.56 Å². The van der Waals surface area contributed by atoms with Crippen molar-refractivity contribution in [2.45, 2.75) is 6.29 Å². The van der Waals surface area contributed by atoms with Crippen molar-refractivity contribution in [3.05, 3.63) is 42.4 Å². The highest BCUT2D eigenvalue weighted by Gasteiger charge is 2.11. The molecule has 2 aromatic heterocycles. The lowest BCUT2D eigenvalue weighted by Gasteiger charge is -2.03. The molecule has 0 aliphatic rings. The third-order valence-corrected chi connectivity index (χ3v) is 2.06. The normalized spacial score (nSPS) is 12.7. The Morgan fingerprint density at radius 2 is 2.00 bits per heavy atom. The lowest BCUT2D eigenvalue weighted by Crippen LogP contribution is -1.96. The molecule has 0 saturated carbocycles. The van der Waals surface area contributed by atoms with Crippen molar-refractivity contribution >= 4 is 0 Å². The minimum absolute atomic E-state index is 0.393. The van der Waals surface area contributed by atoms with Gasteiger partial charge in [-0.15, -0.1) is 0 Å². The van der Waals surface area contributed by atoms with Gasteiger partial charge >= 0.3 is 0 Å². The predicted octanol–water partition coefficient (Wildman–Crippen LogP) is 1.98. The molecule has 0 saturated heterocycles. The lowest BCUT2D eigenvalue weighted by molar-refractivity contribution is -0.0899. The van der Waals surface area contributed by atoms with Crippen molar-refractivity contribution in [3.63, 3.8) is 0 Å². The second-order valence-corrected chi connectivity index (χ2v) is 3.03.